The van der Waals surface area contributed by atoms with Crippen LogP contribution in [0.2, 0.25) is 0 Å². The maximum Gasteiger partial charge on any atom is 0.263 e. The molecule has 1 amide bonds. The highest BCUT2D eigenvalue weighted by Crippen LogP contribution is 2.35. The molecule has 2 heterocycles. The molecule has 7 heteroatoms. The quantitative estimate of drug-likeness (QED) is 0.390. The Morgan fingerprint density at radius 2 is 1.93 bits per heavy atom. The van der Waals surface area contributed by atoms with Crippen molar-refractivity contribution in [2.75, 3.05) is 5.32 Å². The van der Waals surface area contributed by atoms with Crippen LogP contribution in [0.4, 0.5) is 5.69 Å². The summed E-state index contributed by atoms with van der Waals surface area (Å²) in [5, 5.41) is 3.45. The molecular weight excluding hydrogens is 497 g/mol. The molecule has 0 aliphatic heterocycles. The van der Waals surface area contributed by atoms with Gasteiger partial charge in [-0.2, -0.15) is 0 Å². The lowest BCUT2D eigenvalue weighted by Gasteiger charge is -2.10. The first kappa shape index (κ1) is 19.8. The van der Waals surface area contributed by atoms with Gasteiger partial charge in [0.25, 0.3) is 5.56 Å². The standard InChI is InChI=1S/C22H18IN3O2S/c1-13-10-16(23)8-9-17(13)25-18(27)11-26-12-24-21-20(22(26)28)19(14(2)29-21)15-6-4-3-5-7-15/h3-10,12H,11H2,1-2H3,(H,25,27). The summed E-state index contributed by atoms with van der Waals surface area (Å²) >= 11 is 3.73. The van der Waals surface area contributed by atoms with Gasteiger partial charge in [0.1, 0.15) is 11.4 Å². The molecule has 0 aliphatic carbocycles. The van der Waals surface area contributed by atoms with Crippen molar-refractivity contribution in [1.82, 2.24) is 9.55 Å². The number of fused-ring (bicyclic) bond motifs is 1. The van der Waals surface area contributed by atoms with Gasteiger partial charge in [0.15, 0.2) is 0 Å². The van der Waals surface area contributed by atoms with Gasteiger partial charge in [-0.3, -0.25) is 14.2 Å². The number of carbonyl (C=O) groups excluding carboxylic acids is 1. The Hall–Kier alpha value is -2.52. The second kappa shape index (κ2) is 8.08. The SMILES string of the molecule is Cc1cc(I)ccc1NC(=O)Cn1cnc2sc(C)c(-c3ccccc3)c2c1=O. The highest BCUT2D eigenvalue weighted by molar-refractivity contribution is 14.1. The first-order chi connectivity index (χ1) is 13.9. The third-order valence-corrected chi connectivity index (χ3v) is 6.38. The van der Waals surface area contributed by atoms with Gasteiger partial charge in [0.2, 0.25) is 5.91 Å². The van der Waals surface area contributed by atoms with E-state index in [0.29, 0.717) is 10.2 Å². The Kier molecular flexibility index (Phi) is 5.51. The molecule has 29 heavy (non-hydrogen) atoms. The van der Waals surface area contributed by atoms with Crippen LogP contribution in [0, 0.1) is 17.4 Å². The van der Waals surface area contributed by atoms with Gasteiger partial charge < -0.3 is 5.32 Å². The summed E-state index contributed by atoms with van der Waals surface area (Å²) < 4.78 is 2.48. The largest absolute Gasteiger partial charge is 0.324 e. The minimum atomic E-state index is -0.259. The zero-order chi connectivity index (χ0) is 20.5. The predicted molar refractivity (Wildman–Crippen MR) is 127 cm³/mol. The molecule has 0 unspecified atom stereocenters. The smallest absolute Gasteiger partial charge is 0.263 e. The Morgan fingerprint density at radius 3 is 2.66 bits per heavy atom. The number of aromatic nitrogens is 2. The first-order valence-corrected chi connectivity index (χ1v) is 10.9. The van der Waals surface area contributed by atoms with Crippen molar-refractivity contribution >= 4 is 55.7 Å². The Bertz CT molecular complexity index is 1280. The van der Waals surface area contributed by atoms with Crippen LogP contribution < -0.4 is 10.9 Å². The maximum atomic E-state index is 13.2. The van der Waals surface area contributed by atoms with E-state index >= 15 is 0 Å². The van der Waals surface area contributed by atoms with Gasteiger partial charge in [-0.1, -0.05) is 30.3 Å². The molecule has 4 rings (SSSR count). The lowest BCUT2D eigenvalue weighted by Crippen LogP contribution is -2.28. The average Bonchev–Trinajstić information content (AvgIpc) is 3.04. The summed E-state index contributed by atoms with van der Waals surface area (Å²) in [7, 11) is 0. The number of hydrogen-bond acceptors (Lipinski definition) is 4. The van der Waals surface area contributed by atoms with Crippen molar-refractivity contribution in [1.29, 1.82) is 0 Å². The molecule has 146 valence electrons. The number of amides is 1. The van der Waals surface area contributed by atoms with Gasteiger partial charge in [-0.05, 0) is 65.8 Å². The Morgan fingerprint density at radius 1 is 1.17 bits per heavy atom. The lowest BCUT2D eigenvalue weighted by atomic mass is 10.0. The number of aryl methyl sites for hydroxylation is 2. The molecule has 2 aromatic carbocycles. The predicted octanol–water partition coefficient (Wildman–Crippen LogP) is 4.99. The molecule has 0 saturated carbocycles. The number of nitrogens with zero attached hydrogens (tertiary/aromatic N) is 2. The van der Waals surface area contributed by atoms with Gasteiger partial charge in [0, 0.05) is 19.7 Å². The number of halogens is 1. The topological polar surface area (TPSA) is 64.0 Å². The van der Waals surface area contributed by atoms with Crippen molar-refractivity contribution in [2.45, 2.75) is 20.4 Å². The van der Waals surface area contributed by atoms with Crippen LogP contribution in [0.25, 0.3) is 21.3 Å². The summed E-state index contributed by atoms with van der Waals surface area (Å²) in [5.41, 5.74) is 3.39. The number of anilines is 1. The first-order valence-electron chi connectivity index (χ1n) is 9.04. The van der Waals surface area contributed by atoms with Crippen LogP contribution >= 0.6 is 33.9 Å². The minimum Gasteiger partial charge on any atom is -0.324 e. The van der Waals surface area contributed by atoms with E-state index in [4.69, 9.17) is 0 Å². The summed E-state index contributed by atoms with van der Waals surface area (Å²) in [5.74, 6) is -0.259. The maximum absolute atomic E-state index is 13.2. The second-order valence-electron chi connectivity index (χ2n) is 6.76. The summed E-state index contributed by atoms with van der Waals surface area (Å²) in [6.45, 7) is 3.85. The summed E-state index contributed by atoms with van der Waals surface area (Å²) in [4.78, 5) is 31.9. The Labute approximate surface area is 185 Å². The molecule has 2 aromatic heterocycles. The van der Waals surface area contributed by atoms with Gasteiger partial charge in [0.05, 0.1) is 11.7 Å². The number of nitrogens with one attached hydrogen (secondary N) is 1. The third kappa shape index (κ3) is 3.97. The minimum absolute atomic E-state index is 0.0870. The highest BCUT2D eigenvalue weighted by Gasteiger charge is 2.17. The fourth-order valence-electron chi connectivity index (χ4n) is 3.31. The van der Waals surface area contributed by atoms with Crippen LogP contribution in [-0.2, 0) is 11.3 Å². The van der Waals surface area contributed by atoms with E-state index in [0.717, 1.165) is 30.8 Å². The molecule has 5 nitrogen and oxygen atoms in total. The van der Waals surface area contributed by atoms with Crippen LogP contribution in [0.3, 0.4) is 0 Å². The van der Waals surface area contributed by atoms with E-state index in [1.165, 1.54) is 22.2 Å². The van der Waals surface area contributed by atoms with Crippen LogP contribution in [0.15, 0.2) is 59.7 Å². The normalized spacial score (nSPS) is 11.0. The summed E-state index contributed by atoms with van der Waals surface area (Å²) in [6.07, 6.45) is 1.45. The molecular formula is C22H18IN3O2S. The third-order valence-electron chi connectivity index (χ3n) is 4.69. The number of thiophene rings is 1. The van der Waals surface area contributed by atoms with Crippen LogP contribution in [0.1, 0.15) is 10.4 Å². The van der Waals surface area contributed by atoms with E-state index in [1.54, 1.807) is 0 Å². The van der Waals surface area contributed by atoms with Crippen molar-refractivity contribution in [3.8, 4) is 11.1 Å². The summed E-state index contributed by atoms with van der Waals surface area (Å²) in [6, 6.07) is 15.6. The zero-order valence-electron chi connectivity index (χ0n) is 15.9. The van der Waals surface area contributed by atoms with E-state index in [9.17, 15) is 9.59 Å². The van der Waals surface area contributed by atoms with Crippen molar-refractivity contribution in [3.05, 3.63) is 79.2 Å². The van der Waals surface area contributed by atoms with E-state index in [1.807, 2.05) is 62.4 Å². The second-order valence-corrected chi connectivity index (χ2v) is 9.21. The molecule has 0 bridgehead atoms. The van der Waals surface area contributed by atoms with E-state index in [2.05, 4.69) is 32.9 Å². The average molecular weight is 515 g/mol. The molecule has 0 saturated heterocycles. The lowest BCUT2D eigenvalue weighted by molar-refractivity contribution is -0.116. The molecule has 0 radical (unpaired) electrons. The van der Waals surface area contributed by atoms with Gasteiger partial charge >= 0.3 is 0 Å². The van der Waals surface area contributed by atoms with Gasteiger partial charge in [-0.15, -0.1) is 11.3 Å². The van der Waals surface area contributed by atoms with Crippen molar-refractivity contribution < 1.29 is 4.79 Å². The van der Waals surface area contributed by atoms with Gasteiger partial charge in [-0.25, -0.2) is 4.98 Å². The molecule has 0 aliphatic rings. The number of benzene rings is 2. The molecule has 4 aromatic rings. The fraction of sp³-hybridized carbons (Fsp3) is 0.136. The molecule has 1 N–H and O–H groups in total. The Balaban J connectivity index is 1.69. The monoisotopic (exact) mass is 515 g/mol. The molecule has 0 atom stereocenters. The van der Waals surface area contributed by atoms with E-state index in [-0.39, 0.29) is 18.0 Å². The molecule has 0 spiro atoms. The van der Waals surface area contributed by atoms with E-state index < -0.39 is 0 Å². The number of hydrogen-bond donors (Lipinski definition) is 1. The van der Waals surface area contributed by atoms with Crippen molar-refractivity contribution in [2.24, 2.45) is 0 Å². The zero-order valence-corrected chi connectivity index (χ0v) is 18.9. The number of carbonyl (C=O) groups is 1. The highest BCUT2D eigenvalue weighted by atomic mass is 127. The fourth-order valence-corrected chi connectivity index (χ4v) is 4.96. The van der Waals surface area contributed by atoms with Crippen molar-refractivity contribution in [3.63, 3.8) is 0 Å². The number of rotatable bonds is 4. The molecule has 0 fully saturated rings. The van der Waals surface area contributed by atoms with Crippen LogP contribution in [0.5, 0.6) is 0 Å². The van der Waals surface area contributed by atoms with Crippen LogP contribution in [-0.4, -0.2) is 15.5 Å².